The van der Waals surface area contributed by atoms with Gasteiger partial charge in [-0.25, -0.2) is 0 Å². The molecule has 0 aliphatic carbocycles. The third-order valence-electron chi connectivity index (χ3n) is 4.54. The molecule has 1 heterocycles. The Balaban J connectivity index is 0.00000117. The standard InChI is InChI=1S/C21H21ClO2.CH3Br/c1-3-14-7-5-6-8-19(14)18(4-2)21(23)16-11-15-12-17(22)9-10-20(15)24-13-16;1-2/h4-10,12,16H,3,11,13H2,1-2H3;1H3/b18-4+;. The van der Waals surface area contributed by atoms with Crippen LogP contribution < -0.4 is 4.74 Å². The van der Waals surface area contributed by atoms with Gasteiger partial charge >= 0.3 is 0 Å². The minimum Gasteiger partial charge on any atom is -0.493 e. The Labute approximate surface area is 169 Å². The summed E-state index contributed by atoms with van der Waals surface area (Å²) in [4.78, 5) is 13.1. The van der Waals surface area contributed by atoms with Gasteiger partial charge in [-0.1, -0.05) is 64.8 Å². The summed E-state index contributed by atoms with van der Waals surface area (Å²) in [6, 6.07) is 13.7. The van der Waals surface area contributed by atoms with Gasteiger partial charge in [-0.3, -0.25) is 4.79 Å². The van der Waals surface area contributed by atoms with E-state index in [-0.39, 0.29) is 11.7 Å². The number of ether oxygens (including phenoxy) is 1. The van der Waals surface area contributed by atoms with Crippen molar-refractivity contribution in [3.63, 3.8) is 0 Å². The summed E-state index contributed by atoms with van der Waals surface area (Å²) in [5, 5.41) is 0.674. The van der Waals surface area contributed by atoms with E-state index in [1.807, 2.05) is 55.2 Å². The Hall–Kier alpha value is -1.58. The van der Waals surface area contributed by atoms with Crippen LogP contribution in [0.15, 0.2) is 48.5 Å². The van der Waals surface area contributed by atoms with E-state index >= 15 is 0 Å². The Morgan fingerprint density at radius 2 is 2.00 bits per heavy atom. The number of carbonyl (C=O) groups is 1. The zero-order valence-electron chi connectivity index (χ0n) is 15.4. The normalized spacial score (nSPS) is 16.0. The highest BCUT2D eigenvalue weighted by Gasteiger charge is 2.29. The van der Waals surface area contributed by atoms with Gasteiger partial charge < -0.3 is 4.74 Å². The number of alkyl halides is 1. The van der Waals surface area contributed by atoms with Crippen LogP contribution in [0.3, 0.4) is 0 Å². The average molecular weight is 436 g/mol. The SMILES string of the molecule is C/C=C(/C(=O)C1COc2ccc(Cl)cc2C1)c1ccccc1CC.CBr. The number of Topliss-reactive ketones (excluding diaryl/α,β-unsaturated/α-hetero) is 1. The van der Waals surface area contributed by atoms with Crippen molar-refractivity contribution in [3.05, 3.63) is 70.3 Å². The largest absolute Gasteiger partial charge is 0.493 e. The number of benzene rings is 2. The van der Waals surface area contributed by atoms with E-state index in [0.717, 1.165) is 28.9 Å². The van der Waals surface area contributed by atoms with Crippen LogP contribution in [0.5, 0.6) is 5.75 Å². The number of hydrogen-bond acceptors (Lipinski definition) is 2. The first-order valence-corrected chi connectivity index (χ1v) is 10.7. The van der Waals surface area contributed by atoms with Crippen LogP contribution in [0.25, 0.3) is 5.57 Å². The molecule has 2 nitrogen and oxygen atoms in total. The minimum atomic E-state index is -0.174. The molecule has 0 saturated carbocycles. The lowest BCUT2D eigenvalue weighted by Gasteiger charge is -2.25. The monoisotopic (exact) mass is 434 g/mol. The molecule has 2 aromatic rings. The van der Waals surface area contributed by atoms with Gasteiger partial charge in [-0.05, 0) is 60.5 Å². The highest BCUT2D eigenvalue weighted by Crippen LogP contribution is 2.33. The fourth-order valence-corrected chi connectivity index (χ4v) is 3.47. The van der Waals surface area contributed by atoms with Crippen molar-refractivity contribution in [3.8, 4) is 5.75 Å². The number of fused-ring (bicyclic) bond motifs is 1. The van der Waals surface area contributed by atoms with E-state index < -0.39 is 0 Å². The average Bonchev–Trinajstić information content (AvgIpc) is 2.69. The maximum Gasteiger partial charge on any atom is 0.169 e. The zero-order chi connectivity index (χ0) is 19.1. The summed E-state index contributed by atoms with van der Waals surface area (Å²) in [5.74, 6) is 2.61. The van der Waals surface area contributed by atoms with Gasteiger partial charge in [-0.2, -0.15) is 0 Å². The summed E-state index contributed by atoms with van der Waals surface area (Å²) < 4.78 is 5.79. The lowest BCUT2D eigenvalue weighted by molar-refractivity contribution is -0.118. The molecule has 0 fully saturated rings. The molecule has 0 spiro atoms. The van der Waals surface area contributed by atoms with Crippen molar-refractivity contribution in [1.29, 1.82) is 0 Å². The first-order chi connectivity index (χ1) is 12.6. The van der Waals surface area contributed by atoms with Crippen molar-refractivity contribution in [2.75, 3.05) is 12.4 Å². The van der Waals surface area contributed by atoms with Gasteiger partial charge in [0.1, 0.15) is 5.75 Å². The number of halogens is 2. The lowest BCUT2D eigenvalue weighted by Crippen LogP contribution is -2.29. The number of rotatable bonds is 4. The van der Waals surface area contributed by atoms with E-state index in [4.69, 9.17) is 16.3 Å². The van der Waals surface area contributed by atoms with Crippen molar-refractivity contribution >= 4 is 38.9 Å². The molecule has 0 radical (unpaired) electrons. The van der Waals surface area contributed by atoms with Crippen LogP contribution in [0, 0.1) is 5.92 Å². The van der Waals surface area contributed by atoms with Gasteiger partial charge in [0.15, 0.2) is 5.78 Å². The fourth-order valence-electron chi connectivity index (χ4n) is 3.27. The number of hydrogen-bond donors (Lipinski definition) is 0. The van der Waals surface area contributed by atoms with Gasteiger partial charge in [-0.15, -0.1) is 0 Å². The van der Waals surface area contributed by atoms with Gasteiger partial charge in [0.25, 0.3) is 0 Å². The second kappa shape index (κ2) is 9.94. The van der Waals surface area contributed by atoms with E-state index in [9.17, 15) is 4.79 Å². The second-order valence-corrected chi connectivity index (χ2v) is 6.48. The summed E-state index contributed by atoms with van der Waals surface area (Å²) >= 11 is 9.01. The summed E-state index contributed by atoms with van der Waals surface area (Å²) in [6.07, 6.45) is 3.49. The number of ketones is 1. The second-order valence-electron chi connectivity index (χ2n) is 6.04. The molecular formula is C22H24BrClO2. The maximum absolute atomic E-state index is 13.1. The third-order valence-corrected chi connectivity index (χ3v) is 4.78. The van der Waals surface area contributed by atoms with Crippen LogP contribution in [-0.2, 0) is 17.6 Å². The van der Waals surface area contributed by atoms with Crippen LogP contribution in [-0.4, -0.2) is 18.2 Å². The van der Waals surface area contributed by atoms with Gasteiger partial charge in [0, 0.05) is 10.6 Å². The Kier molecular flexibility index (Phi) is 7.92. The van der Waals surface area contributed by atoms with Crippen molar-refractivity contribution in [1.82, 2.24) is 0 Å². The zero-order valence-corrected chi connectivity index (χ0v) is 17.7. The molecule has 1 aliphatic heterocycles. The van der Waals surface area contributed by atoms with Crippen LogP contribution >= 0.6 is 27.5 Å². The van der Waals surface area contributed by atoms with E-state index in [1.165, 1.54) is 5.56 Å². The quantitative estimate of drug-likeness (QED) is 0.426. The molecule has 1 aliphatic rings. The topological polar surface area (TPSA) is 26.3 Å². The molecular weight excluding hydrogens is 412 g/mol. The molecule has 0 bridgehead atoms. The molecule has 3 rings (SSSR count). The maximum atomic E-state index is 13.1. The first kappa shape index (κ1) is 20.7. The number of aryl methyl sites for hydroxylation is 1. The summed E-state index contributed by atoms with van der Waals surface area (Å²) in [6.45, 7) is 4.45. The Bertz CT molecular complexity index is 798. The van der Waals surface area contributed by atoms with E-state index in [1.54, 1.807) is 0 Å². The molecule has 1 atom stereocenters. The predicted octanol–water partition coefficient (Wildman–Crippen LogP) is 6.14. The van der Waals surface area contributed by atoms with E-state index in [2.05, 4.69) is 28.9 Å². The Morgan fingerprint density at radius 1 is 1.27 bits per heavy atom. The molecule has 138 valence electrons. The highest BCUT2D eigenvalue weighted by atomic mass is 79.9. The molecule has 0 N–H and O–H groups in total. The van der Waals surface area contributed by atoms with Crippen molar-refractivity contribution in [2.45, 2.75) is 26.7 Å². The van der Waals surface area contributed by atoms with Crippen LogP contribution in [0.4, 0.5) is 0 Å². The summed E-state index contributed by atoms with van der Waals surface area (Å²) in [5.41, 5.74) is 4.02. The smallest absolute Gasteiger partial charge is 0.169 e. The lowest BCUT2D eigenvalue weighted by atomic mass is 9.85. The number of allylic oxidation sites excluding steroid dienone is 2. The van der Waals surface area contributed by atoms with Crippen molar-refractivity contribution in [2.24, 2.45) is 5.92 Å². The van der Waals surface area contributed by atoms with Crippen LogP contribution in [0.2, 0.25) is 5.02 Å². The van der Waals surface area contributed by atoms with Crippen LogP contribution in [0.1, 0.15) is 30.5 Å². The molecule has 1 unspecified atom stereocenters. The molecule has 4 heteroatoms. The summed E-state index contributed by atoms with van der Waals surface area (Å²) in [7, 11) is 0. The highest BCUT2D eigenvalue weighted by molar-refractivity contribution is 9.08. The Morgan fingerprint density at radius 3 is 2.69 bits per heavy atom. The van der Waals surface area contributed by atoms with E-state index in [0.29, 0.717) is 18.1 Å². The molecule has 0 saturated heterocycles. The first-order valence-electron chi connectivity index (χ1n) is 8.71. The fraction of sp³-hybridized carbons (Fsp3) is 0.318. The molecule has 0 amide bonds. The molecule has 26 heavy (non-hydrogen) atoms. The third kappa shape index (κ3) is 4.57. The van der Waals surface area contributed by atoms with Gasteiger partial charge in [0.2, 0.25) is 0 Å². The minimum absolute atomic E-state index is 0.143. The van der Waals surface area contributed by atoms with Gasteiger partial charge in [0.05, 0.1) is 12.5 Å². The number of carbonyl (C=O) groups excluding carboxylic acids is 1. The van der Waals surface area contributed by atoms with Crippen molar-refractivity contribution < 1.29 is 9.53 Å². The molecule has 0 aromatic heterocycles. The molecule has 2 aromatic carbocycles. The predicted molar refractivity (Wildman–Crippen MR) is 113 cm³/mol.